The van der Waals surface area contributed by atoms with Gasteiger partial charge in [0.15, 0.2) is 0 Å². The maximum Gasteiger partial charge on any atom is 0.251 e. The molecule has 100 valence electrons. The number of rotatable bonds is 6. The maximum atomic E-state index is 11.7. The van der Waals surface area contributed by atoms with Crippen LogP contribution in [0.5, 0.6) is 0 Å². The van der Waals surface area contributed by atoms with Gasteiger partial charge < -0.3 is 16.0 Å². The van der Waals surface area contributed by atoms with Crippen molar-refractivity contribution in [2.75, 3.05) is 38.7 Å². The summed E-state index contributed by atoms with van der Waals surface area (Å²) in [7, 11) is 4.07. The zero-order chi connectivity index (χ0) is 13.5. The Kier molecular flexibility index (Phi) is 6.01. The van der Waals surface area contributed by atoms with Crippen molar-refractivity contribution >= 4 is 23.4 Å². The second-order valence-electron chi connectivity index (χ2n) is 4.26. The van der Waals surface area contributed by atoms with Crippen molar-refractivity contribution in [3.63, 3.8) is 0 Å². The molecule has 0 saturated heterocycles. The molecule has 0 aliphatic carbocycles. The van der Waals surface area contributed by atoms with Crippen LogP contribution in [0.25, 0.3) is 0 Å². The monoisotopic (exact) mass is 267 g/mol. The van der Waals surface area contributed by atoms with E-state index in [1.807, 2.05) is 27.1 Å². The van der Waals surface area contributed by atoms with Crippen LogP contribution in [0.15, 0.2) is 23.1 Å². The summed E-state index contributed by atoms with van der Waals surface area (Å²) in [5, 5.41) is 2.79. The van der Waals surface area contributed by atoms with Gasteiger partial charge in [0.2, 0.25) is 0 Å². The molecule has 0 heterocycles. The van der Waals surface area contributed by atoms with Crippen molar-refractivity contribution in [3.8, 4) is 0 Å². The quantitative estimate of drug-likeness (QED) is 0.608. The molecule has 3 N–H and O–H groups in total. The molecule has 4 nitrogen and oxygen atoms in total. The zero-order valence-electron chi connectivity index (χ0n) is 11.2. The summed E-state index contributed by atoms with van der Waals surface area (Å²) in [6.45, 7) is 3.52. The maximum absolute atomic E-state index is 11.7. The number of hydrogen-bond donors (Lipinski definition) is 2. The normalized spacial score (nSPS) is 10.7. The molecule has 0 spiro atoms. The molecule has 0 bridgehead atoms. The first-order valence-corrected chi connectivity index (χ1v) is 6.98. The summed E-state index contributed by atoms with van der Waals surface area (Å²) in [5.41, 5.74) is 7.31. The molecule has 1 amide bonds. The highest BCUT2D eigenvalue weighted by atomic mass is 32.2. The minimum absolute atomic E-state index is 0.0491. The Morgan fingerprint density at radius 1 is 1.44 bits per heavy atom. The highest BCUT2D eigenvalue weighted by molar-refractivity contribution is 7.99. The van der Waals surface area contributed by atoms with Crippen LogP contribution in [-0.4, -0.2) is 43.7 Å². The van der Waals surface area contributed by atoms with E-state index in [4.69, 9.17) is 5.73 Å². The van der Waals surface area contributed by atoms with Crippen molar-refractivity contribution in [3.05, 3.63) is 23.8 Å². The number of thioether (sulfide) groups is 1. The van der Waals surface area contributed by atoms with Crippen LogP contribution in [0.1, 0.15) is 17.3 Å². The minimum atomic E-state index is -0.0491. The van der Waals surface area contributed by atoms with Gasteiger partial charge in [-0.25, -0.2) is 0 Å². The summed E-state index contributed by atoms with van der Waals surface area (Å²) in [5.74, 6) is 0.905. The number of nitrogens with one attached hydrogen (secondary N) is 1. The second-order valence-corrected chi connectivity index (χ2v) is 5.40. The number of carbonyl (C=O) groups excluding carboxylic acids is 1. The molecule has 1 aromatic rings. The highest BCUT2D eigenvalue weighted by Crippen LogP contribution is 2.26. The summed E-state index contributed by atoms with van der Waals surface area (Å²) in [6.07, 6.45) is 0. The zero-order valence-corrected chi connectivity index (χ0v) is 12.0. The SMILES string of the molecule is CCNC(=O)c1ccc(N)c(SCCN(C)C)c1. The average molecular weight is 267 g/mol. The molecule has 18 heavy (non-hydrogen) atoms. The van der Waals surface area contributed by atoms with Gasteiger partial charge in [0.1, 0.15) is 0 Å². The number of nitrogens with two attached hydrogens (primary N) is 1. The Morgan fingerprint density at radius 3 is 2.78 bits per heavy atom. The molecule has 0 aromatic heterocycles. The molecule has 1 aromatic carbocycles. The Morgan fingerprint density at radius 2 is 2.17 bits per heavy atom. The van der Waals surface area contributed by atoms with Crippen LogP contribution in [-0.2, 0) is 0 Å². The van der Waals surface area contributed by atoms with E-state index in [0.717, 1.165) is 22.9 Å². The Labute approximate surface area is 113 Å². The minimum Gasteiger partial charge on any atom is -0.398 e. The van der Waals surface area contributed by atoms with Crippen molar-refractivity contribution in [2.45, 2.75) is 11.8 Å². The van der Waals surface area contributed by atoms with E-state index in [2.05, 4.69) is 10.2 Å². The fraction of sp³-hybridized carbons (Fsp3) is 0.462. The number of amides is 1. The first-order valence-electron chi connectivity index (χ1n) is 5.99. The van der Waals surface area contributed by atoms with E-state index in [1.54, 1.807) is 23.9 Å². The first-order chi connectivity index (χ1) is 8.54. The smallest absolute Gasteiger partial charge is 0.251 e. The number of nitrogen functional groups attached to an aromatic ring is 1. The highest BCUT2D eigenvalue weighted by Gasteiger charge is 2.08. The summed E-state index contributed by atoms with van der Waals surface area (Å²) in [4.78, 5) is 14.8. The fourth-order valence-corrected chi connectivity index (χ4v) is 2.52. The number of benzene rings is 1. The lowest BCUT2D eigenvalue weighted by Gasteiger charge is -2.11. The molecule has 0 saturated carbocycles. The van der Waals surface area contributed by atoms with Gasteiger partial charge in [-0.15, -0.1) is 11.8 Å². The van der Waals surface area contributed by atoms with Crippen molar-refractivity contribution in [1.29, 1.82) is 0 Å². The van der Waals surface area contributed by atoms with E-state index in [9.17, 15) is 4.79 Å². The molecule has 0 atom stereocenters. The third-order valence-corrected chi connectivity index (χ3v) is 3.46. The molecular weight excluding hydrogens is 246 g/mol. The Balaban J connectivity index is 2.71. The Hall–Kier alpha value is -1.20. The molecule has 0 unspecified atom stereocenters. The van der Waals surface area contributed by atoms with Gasteiger partial charge in [-0.2, -0.15) is 0 Å². The van der Waals surface area contributed by atoms with Crippen molar-refractivity contribution < 1.29 is 4.79 Å². The third-order valence-electron chi connectivity index (χ3n) is 2.41. The molecular formula is C13H21N3OS. The van der Waals surface area contributed by atoms with Crippen LogP contribution >= 0.6 is 11.8 Å². The lowest BCUT2D eigenvalue weighted by molar-refractivity contribution is 0.0955. The van der Waals surface area contributed by atoms with Crippen LogP contribution in [0, 0.1) is 0 Å². The lowest BCUT2D eigenvalue weighted by atomic mass is 10.2. The van der Waals surface area contributed by atoms with Gasteiger partial charge in [0, 0.05) is 35.0 Å². The van der Waals surface area contributed by atoms with E-state index < -0.39 is 0 Å². The van der Waals surface area contributed by atoms with Crippen molar-refractivity contribution in [2.24, 2.45) is 0 Å². The van der Waals surface area contributed by atoms with Gasteiger partial charge in [-0.1, -0.05) is 0 Å². The molecule has 1 rings (SSSR count). The summed E-state index contributed by atoms with van der Waals surface area (Å²) in [6, 6.07) is 5.42. The summed E-state index contributed by atoms with van der Waals surface area (Å²) >= 11 is 1.68. The molecule has 0 radical (unpaired) electrons. The summed E-state index contributed by atoms with van der Waals surface area (Å²) < 4.78 is 0. The predicted octanol–water partition coefficient (Wildman–Crippen LogP) is 1.67. The molecule has 0 aliphatic heterocycles. The largest absolute Gasteiger partial charge is 0.398 e. The van der Waals surface area contributed by atoms with Crippen LogP contribution in [0.3, 0.4) is 0 Å². The van der Waals surface area contributed by atoms with Crippen molar-refractivity contribution in [1.82, 2.24) is 10.2 Å². The van der Waals surface area contributed by atoms with E-state index in [1.165, 1.54) is 0 Å². The van der Waals surface area contributed by atoms with Crippen LogP contribution < -0.4 is 11.1 Å². The second kappa shape index (κ2) is 7.28. The average Bonchev–Trinajstić information content (AvgIpc) is 2.31. The predicted molar refractivity (Wildman–Crippen MR) is 78.1 cm³/mol. The number of nitrogens with zero attached hydrogens (tertiary/aromatic N) is 1. The third kappa shape index (κ3) is 4.58. The van der Waals surface area contributed by atoms with Gasteiger partial charge in [0.25, 0.3) is 5.91 Å². The number of carbonyl (C=O) groups is 1. The lowest BCUT2D eigenvalue weighted by Crippen LogP contribution is -2.22. The van der Waals surface area contributed by atoms with E-state index in [0.29, 0.717) is 12.1 Å². The topological polar surface area (TPSA) is 58.4 Å². The fourth-order valence-electron chi connectivity index (χ4n) is 1.40. The van der Waals surface area contributed by atoms with Gasteiger partial charge >= 0.3 is 0 Å². The Bertz CT molecular complexity index is 407. The molecule has 5 heteroatoms. The van der Waals surface area contributed by atoms with Crippen LogP contribution in [0.4, 0.5) is 5.69 Å². The van der Waals surface area contributed by atoms with Gasteiger partial charge in [0.05, 0.1) is 0 Å². The van der Waals surface area contributed by atoms with Crippen LogP contribution in [0.2, 0.25) is 0 Å². The van der Waals surface area contributed by atoms with Gasteiger partial charge in [-0.3, -0.25) is 4.79 Å². The number of anilines is 1. The molecule has 0 fully saturated rings. The first kappa shape index (κ1) is 14.9. The van der Waals surface area contributed by atoms with E-state index in [-0.39, 0.29) is 5.91 Å². The molecule has 0 aliphatic rings. The van der Waals surface area contributed by atoms with Gasteiger partial charge in [-0.05, 0) is 39.2 Å². The number of hydrogen-bond acceptors (Lipinski definition) is 4. The van der Waals surface area contributed by atoms with E-state index >= 15 is 0 Å². The standard InChI is InChI=1S/C13H21N3OS/c1-4-15-13(17)10-5-6-11(14)12(9-10)18-8-7-16(2)3/h5-6,9H,4,7-8,14H2,1-3H3,(H,15,17).